The molecule has 0 radical (unpaired) electrons. The smallest absolute Gasteiger partial charge is 0.129 e. The van der Waals surface area contributed by atoms with Crippen LogP contribution in [0.5, 0.6) is 0 Å². The Morgan fingerprint density at radius 3 is 3.00 bits per heavy atom. The standard InChI is InChI=1S/C14H21ClN2/c1-3-7-17-8-5-4-6-13(17)12-10-16-14(15)9-11(12)2/h9-10,13H,3-8H2,1-2H3. The third kappa shape index (κ3) is 2.99. The van der Waals surface area contributed by atoms with Crippen molar-refractivity contribution in [1.29, 1.82) is 0 Å². The molecule has 1 saturated heterocycles. The van der Waals surface area contributed by atoms with E-state index in [-0.39, 0.29) is 0 Å². The van der Waals surface area contributed by atoms with Crippen LogP contribution >= 0.6 is 11.6 Å². The summed E-state index contributed by atoms with van der Waals surface area (Å²) in [5, 5.41) is 0.601. The molecule has 0 aromatic carbocycles. The predicted molar refractivity (Wildman–Crippen MR) is 72.4 cm³/mol. The Hall–Kier alpha value is -0.600. The van der Waals surface area contributed by atoms with Crippen LogP contribution in [0.3, 0.4) is 0 Å². The minimum Gasteiger partial charge on any atom is -0.296 e. The van der Waals surface area contributed by atoms with E-state index in [0.717, 1.165) is 0 Å². The summed E-state index contributed by atoms with van der Waals surface area (Å²) in [5.74, 6) is 0. The van der Waals surface area contributed by atoms with Crippen molar-refractivity contribution in [1.82, 2.24) is 9.88 Å². The summed E-state index contributed by atoms with van der Waals surface area (Å²) in [6.45, 7) is 6.80. The second-order valence-corrected chi connectivity index (χ2v) is 5.30. The Morgan fingerprint density at radius 2 is 2.29 bits per heavy atom. The van der Waals surface area contributed by atoms with E-state index in [9.17, 15) is 0 Å². The minimum atomic E-state index is 0.550. The van der Waals surface area contributed by atoms with Gasteiger partial charge in [0.25, 0.3) is 0 Å². The van der Waals surface area contributed by atoms with Crippen molar-refractivity contribution in [2.24, 2.45) is 0 Å². The Kier molecular flexibility index (Phi) is 4.41. The van der Waals surface area contributed by atoms with E-state index in [1.807, 2.05) is 12.3 Å². The first-order valence-electron chi connectivity index (χ1n) is 6.58. The summed E-state index contributed by atoms with van der Waals surface area (Å²) in [6.07, 6.45) is 7.10. The Bertz CT molecular complexity index is 376. The second kappa shape index (κ2) is 5.83. The van der Waals surface area contributed by atoms with Crippen LogP contribution in [0.2, 0.25) is 5.15 Å². The molecule has 2 rings (SSSR count). The molecule has 0 amide bonds. The Balaban J connectivity index is 2.23. The molecule has 94 valence electrons. The lowest BCUT2D eigenvalue weighted by atomic mass is 9.93. The summed E-state index contributed by atoms with van der Waals surface area (Å²) in [5.41, 5.74) is 2.64. The Labute approximate surface area is 109 Å². The quantitative estimate of drug-likeness (QED) is 0.757. The number of hydrogen-bond donors (Lipinski definition) is 0. The van der Waals surface area contributed by atoms with E-state index in [1.54, 1.807) is 0 Å². The number of pyridine rings is 1. The maximum absolute atomic E-state index is 5.93. The maximum Gasteiger partial charge on any atom is 0.129 e. The van der Waals surface area contributed by atoms with Crippen LogP contribution in [0.15, 0.2) is 12.3 Å². The number of aryl methyl sites for hydroxylation is 1. The van der Waals surface area contributed by atoms with Gasteiger partial charge in [0.1, 0.15) is 5.15 Å². The highest BCUT2D eigenvalue weighted by Crippen LogP contribution is 2.32. The largest absolute Gasteiger partial charge is 0.296 e. The van der Waals surface area contributed by atoms with E-state index < -0.39 is 0 Å². The fourth-order valence-electron chi connectivity index (χ4n) is 2.78. The number of likely N-dealkylation sites (tertiary alicyclic amines) is 1. The monoisotopic (exact) mass is 252 g/mol. The molecule has 1 aromatic rings. The topological polar surface area (TPSA) is 16.1 Å². The third-order valence-electron chi connectivity index (χ3n) is 3.60. The van der Waals surface area contributed by atoms with Crippen molar-refractivity contribution in [3.8, 4) is 0 Å². The molecule has 1 aliphatic rings. The van der Waals surface area contributed by atoms with E-state index in [0.29, 0.717) is 11.2 Å². The number of rotatable bonds is 3. The molecular formula is C14H21ClN2. The highest BCUT2D eigenvalue weighted by Gasteiger charge is 2.24. The van der Waals surface area contributed by atoms with E-state index in [2.05, 4.69) is 23.7 Å². The predicted octanol–water partition coefficient (Wildman–Crippen LogP) is 3.98. The SMILES string of the molecule is CCCN1CCCCC1c1cnc(Cl)cc1C. The summed E-state index contributed by atoms with van der Waals surface area (Å²) < 4.78 is 0. The Morgan fingerprint density at radius 1 is 1.47 bits per heavy atom. The van der Waals surface area contributed by atoms with Crippen molar-refractivity contribution in [3.05, 3.63) is 28.5 Å². The fourth-order valence-corrected chi connectivity index (χ4v) is 2.99. The first-order valence-corrected chi connectivity index (χ1v) is 6.96. The molecule has 1 atom stereocenters. The molecule has 0 N–H and O–H groups in total. The molecule has 0 saturated carbocycles. The zero-order chi connectivity index (χ0) is 12.3. The van der Waals surface area contributed by atoms with Crippen molar-refractivity contribution >= 4 is 11.6 Å². The van der Waals surface area contributed by atoms with Crippen molar-refractivity contribution in [2.45, 2.75) is 45.6 Å². The number of hydrogen-bond acceptors (Lipinski definition) is 2. The number of halogens is 1. The zero-order valence-corrected chi connectivity index (χ0v) is 11.5. The van der Waals surface area contributed by atoms with E-state index in [4.69, 9.17) is 11.6 Å². The van der Waals surface area contributed by atoms with Crippen molar-refractivity contribution in [3.63, 3.8) is 0 Å². The molecule has 1 unspecified atom stereocenters. The maximum atomic E-state index is 5.93. The van der Waals surface area contributed by atoms with Gasteiger partial charge in [-0.25, -0.2) is 4.98 Å². The van der Waals surface area contributed by atoms with Gasteiger partial charge in [0.15, 0.2) is 0 Å². The van der Waals surface area contributed by atoms with Crippen LogP contribution < -0.4 is 0 Å². The lowest BCUT2D eigenvalue weighted by molar-refractivity contribution is 0.148. The van der Waals surface area contributed by atoms with Gasteiger partial charge >= 0.3 is 0 Å². The van der Waals surface area contributed by atoms with Gasteiger partial charge in [-0.3, -0.25) is 4.90 Å². The molecule has 17 heavy (non-hydrogen) atoms. The van der Waals surface area contributed by atoms with Crippen LogP contribution in [0.1, 0.15) is 49.8 Å². The van der Waals surface area contributed by atoms with Gasteiger partial charge in [-0.15, -0.1) is 0 Å². The molecule has 2 heterocycles. The summed E-state index contributed by atoms with van der Waals surface area (Å²) in [7, 11) is 0. The molecule has 1 aliphatic heterocycles. The summed E-state index contributed by atoms with van der Waals surface area (Å²) in [4.78, 5) is 6.85. The normalized spacial score (nSPS) is 21.7. The van der Waals surface area contributed by atoms with Crippen molar-refractivity contribution in [2.75, 3.05) is 13.1 Å². The first-order chi connectivity index (χ1) is 8.22. The number of nitrogens with zero attached hydrogens (tertiary/aromatic N) is 2. The third-order valence-corrected chi connectivity index (χ3v) is 3.81. The van der Waals surface area contributed by atoms with E-state index >= 15 is 0 Å². The number of aromatic nitrogens is 1. The first kappa shape index (κ1) is 12.8. The highest BCUT2D eigenvalue weighted by molar-refractivity contribution is 6.29. The molecule has 0 bridgehead atoms. The van der Waals surface area contributed by atoms with Crippen LogP contribution in [0, 0.1) is 6.92 Å². The molecule has 2 nitrogen and oxygen atoms in total. The average molecular weight is 253 g/mol. The van der Waals surface area contributed by atoms with Crippen LogP contribution in [-0.2, 0) is 0 Å². The van der Waals surface area contributed by atoms with Gasteiger partial charge in [0, 0.05) is 12.2 Å². The molecule has 3 heteroatoms. The molecule has 1 fully saturated rings. The van der Waals surface area contributed by atoms with Gasteiger partial charge < -0.3 is 0 Å². The van der Waals surface area contributed by atoms with E-state index in [1.165, 1.54) is 49.9 Å². The zero-order valence-electron chi connectivity index (χ0n) is 10.7. The van der Waals surface area contributed by atoms with Crippen LogP contribution in [0.25, 0.3) is 0 Å². The average Bonchev–Trinajstić information content (AvgIpc) is 2.31. The van der Waals surface area contributed by atoms with Crippen LogP contribution in [-0.4, -0.2) is 23.0 Å². The van der Waals surface area contributed by atoms with Crippen molar-refractivity contribution < 1.29 is 0 Å². The molecule has 1 aromatic heterocycles. The fraction of sp³-hybridized carbons (Fsp3) is 0.643. The summed E-state index contributed by atoms with van der Waals surface area (Å²) >= 11 is 5.93. The lowest BCUT2D eigenvalue weighted by Crippen LogP contribution is -2.34. The minimum absolute atomic E-state index is 0.550. The molecular weight excluding hydrogens is 232 g/mol. The lowest BCUT2D eigenvalue weighted by Gasteiger charge is -2.36. The highest BCUT2D eigenvalue weighted by atomic mass is 35.5. The van der Waals surface area contributed by atoms with Gasteiger partial charge in [-0.05, 0) is 56.5 Å². The van der Waals surface area contributed by atoms with Gasteiger partial charge in [0.05, 0.1) is 0 Å². The van der Waals surface area contributed by atoms with Gasteiger partial charge in [-0.1, -0.05) is 24.9 Å². The van der Waals surface area contributed by atoms with Gasteiger partial charge in [-0.2, -0.15) is 0 Å². The summed E-state index contributed by atoms with van der Waals surface area (Å²) in [6, 6.07) is 2.53. The van der Waals surface area contributed by atoms with Crippen LogP contribution in [0.4, 0.5) is 0 Å². The molecule has 0 spiro atoms. The molecule has 0 aliphatic carbocycles. The second-order valence-electron chi connectivity index (χ2n) is 4.91. The number of piperidine rings is 1. The van der Waals surface area contributed by atoms with Gasteiger partial charge in [0.2, 0.25) is 0 Å².